The summed E-state index contributed by atoms with van der Waals surface area (Å²) in [6.45, 7) is 5.53. The maximum absolute atomic E-state index is 11.6. The Balaban J connectivity index is 1.95. The van der Waals surface area contributed by atoms with E-state index < -0.39 is 11.7 Å². The lowest BCUT2D eigenvalue weighted by atomic mass is 10.2. The van der Waals surface area contributed by atoms with Crippen LogP contribution in [0.2, 0.25) is 0 Å². The van der Waals surface area contributed by atoms with Gasteiger partial charge in [-0.1, -0.05) is 5.16 Å². The third-order valence-electron chi connectivity index (χ3n) is 2.60. The highest BCUT2D eigenvalue weighted by atomic mass is 32.2. The Kier molecular flexibility index (Phi) is 5.07. The number of thioether (sulfide) groups is 1. The van der Waals surface area contributed by atoms with Crippen molar-refractivity contribution in [2.45, 2.75) is 37.8 Å². The second-order valence-electron chi connectivity index (χ2n) is 5.60. The SMILES string of the molecule is CSc1ccc(-c2noc(CNC(=O)OC(C)(C)C)n2)cc1. The van der Waals surface area contributed by atoms with Gasteiger partial charge < -0.3 is 14.6 Å². The Morgan fingerprint density at radius 2 is 2.00 bits per heavy atom. The summed E-state index contributed by atoms with van der Waals surface area (Å²) in [4.78, 5) is 17.0. The van der Waals surface area contributed by atoms with Gasteiger partial charge in [0.2, 0.25) is 11.7 Å². The van der Waals surface area contributed by atoms with Crippen LogP contribution in [-0.4, -0.2) is 28.1 Å². The van der Waals surface area contributed by atoms with Crippen LogP contribution < -0.4 is 5.32 Å². The van der Waals surface area contributed by atoms with E-state index in [0.717, 1.165) is 5.56 Å². The molecule has 0 bridgehead atoms. The van der Waals surface area contributed by atoms with Crippen molar-refractivity contribution < 1.29 is 14.1 Å². The molecule has 0 radical (unpaired) electrons. The zero-order valence-electron chi connectivity index (χ0n) is 13.0. The normalized spacial score (nSPS) is 11.3. The van der Waals surface area contributed by atoms with Crippen molar-refractivity contribution in [3.63, 3.8) is 0 Å². The molecule has 0 spiro atoms. The van der Waals surface area contributed by atoms with Crippen molar-refractivity contribution in [2.24, 2.45) is 0 Å². The fraction of sp³-hybridized carbons (Fsp3) is 0.400. The Morgan fingerprint density at radius 1 is 1.32 bits per heavy atom. The van der Waals surface area contributed by atoms with E-state index in [-0.39, 0.29) is 6.54 Å². The number of carbonyl (C=O) groups is 1. The maximum atomic E-state index is 11.6. The number of hydrogen-bond donors (Lipinski definition) is 1. The summed E-state index contributed by atoms with van der Waals surface area (Å²) in [6, 6.07) is 7.85. The lowest BCUT2D eigenvalue weighted by Crippen LogP contribution is -2.32. The van der Waals surface area contributed by atoms with Gasteiger partial charge in [0.25, 0.3) is 0 Å². The molecule has 6 nitrogen and oxygen atoms in total. The number of nitrogens with one attached hydrogen (secondary N) is 1. The Morgan fingerprint density at radius 3 is 2.59 bits per heavy atom. The highest BCUT2D eigenvalue weighted by Crippen LogP contribution is 2.20. The molecule has 118 valence electrons. The lowest BCUT2D eigenvalue weighted by molar-refractivity contribution is 0.0518. The fourth-order valence-electron chi connectivity index (χ4n) is 1.65. The minimum atomic E-state index is -0.539. The molecule has 0 atom stereocenters. The molecular formula is C15H19N3O3S. The number of carbonyl (C=O) groups excluding carboxylic acids is 1. The monoisotopic (exact) mass is 321 g/mol. The average molecular weight is 321 g/mol. The van der Waals surface area contributed by atoms with E-state index in [1.54, 1.807) is 32.5 Å². The maximum Gasteiger partial charge on any atom is 0.408 e. The number of benzene rings is 1. The third-order valence-corrected chi connectivity index (χ3v) is 3.34. The Hall–Kier alpha value is -2.02. The average Bonchev–Trinajstić information content (AvgIpc) is 2.92. The molecule has 1 amide bonds. The van der Waals surface area contributed by atoms with E-state index in [1.165, 1.54) is 4.90 Å². The molecule has 0 aliphatic rings. The lowest BCUT2D eigenvalue weighted by Gasteiger charge is -2.19. The summed E-state index contributed by atoms with van der Waals surface area (Å²) < 4.78 is 10.3. The van der Waals surface area contributed by atoms with E-state index in [0.29, 0.717) is 11.7 Å². The molecule has 0 unspecified atom stereocenters. The molecular weight excluding hydrogens is 302 g/mol. The molecule has 22 heavy (non-hydrogen) atoms. The van der Waals surface area contributed by atoms with Crippen LogP contribution in [0.15, 0.2) is 33.7 Å². The largest absolute Gasteiger partial charge is 0.444 e. The number of alkyl carbamates (subject to hydrolysis) is 1. The first-order valence-electron chi connectivity index (χ1n) is 6.81. The van der Waals surface area contributed by atoms with Crippen LogP contribution in [0.3, 0.4) is 0 Å². The van der Waals surface area contributed by atoms with Gasteiger partial charge in [-0.25, -0.2) is 4.79 Å². The molecule has 1 N–H and O–H groups in total. The number of nitrogens with zero attached hydrogens (tertiary/aromatic N) is 2. The zero-order valence-corrected chi connectivity index (χ0v) is 13.9. The molecule has 1 heterocycles. The van der Waals surface area contributed by atoms with Gasteiger partial charge in [-0.05, 0) is 51.3 Å². The smallest absolute Gasteiger partial charge is 0.408 e. The molecule has 1 aromatic heterocycles. The first kappa shape index (κ1) is 16.4. The van der Waals surface area contributed by atoms with Gasteiger partial charge >= 0.3 is 6.09 Å². The molecule has 0 saturated heterocycles. The van der Waals surface area contributed by atoms with E-state index >= 15 is 0 Å². The Labute approximate surface area is 133 Å². The van der Waals surface area contributed by atoms with Crippen LogP contribution in [0, 0.1) is 0 Å². The highest BCUT2D eigenvalue weighted by Gasteiger charge is 2.17. The van der Waals surface area contributed by atoms with Crippen LogP contribution in [-0.2, 0) is 11.3 Å². The number of hydrogen-bond acceptors (Lipinski definition) is 6. The van der Waals surface area contributed by atoms with Gasteiger partial charge in [-0.15, -0.1) is 11.8 Å². The number of ether oxygens (including phenoxy) is 1. The van der Waals surface area contributed by atoms with Crippen LogP contribution in [0.25, 0.3) is 11.4 Å². The summed E-state index contributed by atoms with van der Waals surface area (Å²) in [5.41, 5.74) is 0.327. The zero-order chi connectivity index (χ0) is 16.2. The van der Waals surface area contributed by atoms with Gasteiger partial charge in [-0.3, -0.25) is 0 Å². The van der Waals surface area contributed by atoms with Gasteiger partial charge in [0, 0.05) is 10.5 Å². The second-order valence-corrected chi connectivity index (χ2v) is 6.48. The van der Waals surface area contributed by atoms with Crippen molar-refractivity contribution in [3.8, 4) is 11.4 Å². The van der Waals surface area contributed by atoms with Crippen LogP contribution >= 0.6 is 11.8 Å². The van der Waals surface area contributed by atoms with Gasteiger partial charge in [0.05, 0.1) is 0 Å². The Bertz CT molecular complexity index is 632. The summed E-state index contributed by atoms with van der Waals surface area (Å²) in [7, 11) is 0. The quantitative estimate of drug-likeness (QED) is 0.869. The highest BCUT2D eigenvalue weighted by molar-refractivity contribution is 7.98. The summed E-state index contributed by atoms with van der Waals surface area (Å²) in [6.07, 6.45) is 1.50. The fourth-order valence-corrected chi connectivity index (χ4v) is 2.05. The van der Waals surface area contributed by atoms with Crippen molar-refractivity contribution in [3.05, 3.63) is 30.2 Å². The van der Waals surface area contributed by atoms with E-state index in [9.17, 15) is 4.79 Å². The van der Waals surface area contributed by atoms with Crippen LogP contribution in [0.4, 0.5) is 4.79 Å². The third kappa shape index (κ3) is 4.77. The van der Waals surface area contributed by atoms with Gasteiger partial charge in [-0.2, -0.15) is 4.98 Å². The summed E-state index contributed by atoms with van der Waals surface area (Å²) in [5, 5.41) is 6.49. The molecule has 0 saturated carbocycles. The van der Waals surface area contributed by atoms with E-state index in [1.807, 2.05) is 30.5 Å². The molecule has 0 fully saturated rings. The minimum Gasteiger partial charge on any atom is -0.444 e. The second kappa shape index (κ2) is 6.83. The van der Waals surface area contributed by atoms with Crippen molar-refractivity contribution in [2.75, 3.05) is 6.26 Å². The van der Waals surface area contributed by atoms with Crippen LogP contribution in [0.5, 0.6) is 0 Å². The standard InChI is InChI=1S/C15H19N3O3S/c1-15(2,3)20-14(19)16-9-12-17-13(18-21-12)10-5-7-11(22-4)8-6-10/h5-8H,9H2,1-4H3,(H,16,19). The summed E-state index contributed by atoms with van der Waals surface area (Å²) in [5.74, 6) is 0.823. The number of rotatable bonds is 4. The first-order chi connectivity index (χ1) is 10.4. The van der Waals surface area contributed by atoms with Crippen molar-refractivity contribution in [1.82, 2.24) is 15.5 Å². The predicted octanol–water partition coefficient (Wildman–Crippen LogP) is 3.48. The minimum absolute atomic E-state index is 0.130. The number of amides is 1. The molecule has 0 aliphatic carbocycles. The van der Waals surface area contributed by atoms with Gasteiger partial charge in [0.1, 0.15) is 12.1 Å². The molecule has 2 aromatic rings. The topological polar surface area (TPSA) is 77.2 Å². The van der Waals surface area contributed by atoms with Crippen molar-refractivity contribution >= 4 is 17.9 Å². The molecule has 1 aromatic carbocycles. The van der Waals surface area contributed by atoms with Gasteiger partial charge in [0.15, 0.2) is 0 Å². The summed E-state index contributed by atoms with van der Waals surface area (Å²) >= 11 is 1.67. The first-order valence-corrected chi connectivity index (χ1v) is 8.04. The molecule has 2 rings (SSSR count). The van der Waals surface area contributed by atoms with Crippen molar-refractivity contribution in [1.29, 1.82) is 0 Å². The van der Waals surface area contributed by atoms with E-state index in [2.05, 4.69) is 15.5 Å². The molecule has 7 heteroatoms. The molecule has 0 aliphatic heterocycles. The van der Waals surface area contributed by atoms with E-state index in [4.69, 9.17) is 9.26 Å². The van der Waals surface area contributed by atoms with Crippen LogP contribution in [0.1, 0.15) is 26.7 Å². The predicted molar refractivity (Wildman–Crippen MR) is 84.6 cm³/mol. The number of aromatic nitrogens is 2.